The van der Waals surface area contributed by atoms with Gasteiger partial charge in [0.2, 0.25) is 5.95 Å². The number of nitrogens with two attached hydrogens (primary N) is 1. The number of imidazole rings is 1. The molecule has 0 spiro atoms. The summed E-state index contributed by atoms with van der Waals surface area (Å²) in [4.78, 5) is 8.69. The van der Waals surface area contributed by atoms with Crippen LogP contribution in [0.25, 0.3) is 11.2 Å². The lowest BCUT2D eigenvalue weighted by Crippen LogP contribution is -2.15. The molecule has 0 atom stereocenters. The quantitative estimate of drug-likeness (QED) is 0.881. The van der Waals surface area contributed by atoms with Crippen LogP contribution in [-0.4, -0.2) is 25.5 Å². The first kappa shape index (κ1) is 9.96. The molecule has 1 fully saturated rings. The van der Waals surface area contributed by atoms with E-state index in [4.69, 9.17) is 5.73 Å². The molecule has 4 nitrogen and oxygen atoms in total. The molecule has 1 aliphatic carbocycles. The Balaban J connectivity index is 2.05. The highest BCUT2D eigenvalue weighted by Gasteiger charge is 2.42. The van der Waals surface area contributed by atoms with Gasteiger partial charge >= 0.3 is 0 Å². The Morgan fingerprint density at radius 3 is 3.06 bits per heavy atom. The van der Waals surface area contributed by atoms with E-state index < -0.39 is 0 Å². The van der Waals surface area contributed by atoms with Crippen LogP contribution in [0.1, 0.15) is 12.8 Å². The molecule has 0 saturated heterocycles. The Bertz CT molecular complexity index is 530. The van der Waals surface area contributed by atoms with Crippen molar-refractivity contribution in [1.29, 1.82) is 0 Å². The molecule has 3 rings (SSSR count). The van der Waals surface area contributed by atoms with Gasteiger partial charge in [-0.1, -0.05) is 0 Å². The van der Waals surface area contributed by atoms with E-state index in [0.717, 1.165) is 17.7 Å². The molecule has 0 radical (unpaired) electrons. The number of thioether (sulfide) groups is 1. The number of fused-ring (bicyclic) bond motifs is 1. The van der Waals surface area contributed by atoms with E-state index in [1.165, 1.54) is 12.8 Å². The number of rotatable bonds is 3. The van der Waals surface area contributed by atoms with Crippen LogP contribution in [-0.2, 0) is 6.54 Å². The van der Waals surface area contributed by atoms with Gasteiger partial charge in [-0.25, -0.2) is 9.97 Å². The van der Waals surface area contributed by atoms with E-state index >= 15 is 0 Å². The van der Waals surface area contributed by atoms with Gasteiger partial charge in [-0.3, -0.25) is 4.57 Å². The van der Waals surface area contributed by atoms with Gasteiger partial charge in [0.25, 0.3) is 0 Å². The molecule has 16 heavy (non-hydrogen) atoms. The average Bonchev–Trinajstić information content (AvgIpc) is 3.01. The SMILES string of the molecule is CSC1(Cn2c(N)nc3cccnc32)CC1. The van der Waals surface area contributed by atoms with Crippen molar-refractivity contribution in [3.63, 3.8) is 0 Å². The molecule has 0 aromatic carbocycles. The first-order valence-electron chi connectivity index (χ1n) is 5.36. The summed E-state index contributed by atoms with van der Waals surface area (Å²) in [5.74, 6) is 0.578. The lowest BCUT2D eigenvalue weighted by Gasteiger charge is -2.13. The topological polar surface area (TPSA) is 56.7 Å². The summed E-state index contributed by atoms with van der Waals surface area (Å²) in [5, 5.41) is 0. The minimum Gasteiger partial charge on any atom is -0.369 e. The molecular weight excluding hydrogens is 220 g/mol. The third-order valence-electron chi connectivity index (χ3n) is 3.22. The summed E-state index contributed by atoms with van der Waals surface area (Å²) >= 11 is 1.92. The highest BCUT2D eigenvalue weighted by molar-refractivity contribution is 8.00. The van der Waals surface area contributed by atoms with Crippen LogP contribution in [0.4, 0.5) is 5.95 Å². The van der Waals surface area contributed by atoms with Crippen LogP contribution in [0.2, 0.25) is 0 Å². The second kappa shape index (κ2) is 3.38. The molecule has 2 N–H and O–H groups in total. The van der Waals surface area contributed by atoms with E-state index in [9.17, 15) is 0 Å². The maximum Gasteiger partial charge on any atom is 0.202 e. The van der Waals surface area contributed by atoms with Crippen molar-refractivity contribution in [2.24, 2.45) is 0 Å². The molecule has 0 amide bonds. The molecule has 1 aliphatic rings. The van der Waals surface area contributed by atoms with Gasteiger partial charge in [-0.05, 0) is 31.2 Å². The molecule has 0 aliphatic heterocycles. The number of aromatic nitrogens is 3. The second-order valence-corrected chi connectivity index (χ2v) is 5.56. The molecule has 2 heterocycles. The summed E-state index contributed by atoms with van der Waals surface area (Å²) in [6, 6.07) is 3.84. The van der Waals surface area contributed by atoms with Crippen molar-refractivity contribution in [2.75, 3.05) is 12.0 Å². The third-order valence-corrected chi connectivity index (χ3v) is 4.62. The fourth-order valence-electron chi connectivity index (χ4n) is 1.99. The fourth-order valence-corrected chi connectivity index (χ4v) is 2.75. The molecule has 84 valence electrons. The number of anilines is 1. The van der Waals surface area contributed by atoms with Gasteiger partial charge in [-0.15, -0.1) is 0 Å². The van der Waals surface area contributed by atoms with Crippen LogP contribution in [0.3, 0.4) is 0 Å². The Labute approximate surface area is 98.3 Å². The van der Waals surface area contributed by atoms with Gasteiger partial charge in [0.15, 0.2) is 5.65 Å². The fraction of sp³-hybridized carbons (Fsp3) is 0.455. The van der Waals surface area contributed by atoms with Crippen LogP contribution in [0.5, 0.6) is 0 Å². The van der Waals surface area contributed by atoms with Crippen LogP contribution in [0.15, 0.2) is 18.3 Å². The minimum absolute atomic E-state index is 0.374. The largest absolute Gasteiger partial charge is 0.369 e. The Morgan fingerprint density at radius 2 is 2.38 bits per heavy atom. The van der Waals surface area contributed by atoms with Gasteiger partial charge < -0.3 is 5.73 Å². The highest BCUT2D eigenvalue weighted by atomic mass is 32.2. The summed E-state index contributed by atoms with van der Waals surface area (Å²) < 4.78 is 2.41. The van der Waals surface area contributed by atoms with Crippen molar-refractivity contribution in [1.82, 2.24) is 14.5 Å². The van der Waals surface area contributed by atoms with Crippen molar-refractivity contribution >= 4 is 28.9 Å². The number of hydrogen-bond donors (Lipinski definition) is 1. The molecule has 2 aromatic rings. The Kier molecular flexibility index (Phi) is 2.10. The molecule has 1 saturated carbocycles. The van der Waals surface area contributed by atoms with E-state index in [1.807, 2.05) is 28.5 Å². The van der Waals surface area contributed by atoms with Gasteiger partial charge in [0.05, 0.1) is 0 Å². The minimum atomic E-state index is 0.374. The molecule has 2 aromatic heterocycles. The summed E-state index contributed by atoms with van der Waals surface area (Å²) in [6.45, 7) is 0.924. The smallest absolute Gasteiger partial charge is 0.202 e. The second-order valence-electron chi connectivity index (χ2n) is 4.29. The summed E-state index contributed by atoms with van der Waals surface area (Å²) in [7, 11) is 0. The van der Waals surface area contributed by atoms with Crippen molar-refractivity contribution in [3.05, 3.63) is 18.3 Å². The van der Waals surface area contributed by atoms with Crippen LogP contribution < -0.4 is 5.73 Å². The maximum absolute atomic E-state index is 5.95. The molecule has 5 heteroatoms. The van der Waals surface area contributed by atoms with Crippen molar-refractivity contribution in [3.8, 4) is 0 Å². The standard InChI is InChI=1S/C11H14N4S/c1-16-11(4-5-11)7-15-9-8(14-10(15)12)3-2-6-13-9/h2-3,6H,4-5,7H2,1H3,(H2,12,14). The van der Waals surface area contributed by atoms with Gasteiger partial charge in [-0.2, -0.15) is 11.8 Å². The number of hydrogen-bond acceptors (Lipinski definition) is 4. The zero-order chi connectivity index (χ0) is 11.2. The van der Waals surface area contributed by atoms with Crippen molar-refractivity contribution in [2.45, 2.75) is 24.1 Å². The normalized spacial score (nSPS) is 17.8. The molecule has 0 unspecified atom stereocenters. The van der Waals surface area contributed by atoms with Crippen molar-refractivity contribution < 1.29 is 0 Å². The lowest BCUT2D eigenvalue weighted by atomic mass is 10.4. The summed E-state index contributed by atoms with van der Waals surface area (Å²) in [5.41, 5.74) is 7.73. The first-order chi connectivity index (χ1) is 7.74. The van der Waals surface area contributed by atoms with E-state index in [1.54, 1.807) is 6.20 Å². The monoisotopic (exact) mass is 234 g/mol. The third kappa shape index (κ3) is 1.46. The predicted molar refractivity (Wildman–Crippen MR) is 67.4 cm³/mol. The van der Waals surface area contributed by atoms with Crippen LogP contribution >= 0.6 is 11.8 Å². The Morgan fingerprint density at radius 1 is 1.56 bits per heavy atom. The van der Waals surface area contributed by atoms with E-state index in [2.05, 4.69) is 16.2 Å². The molecular formula is C11H14N4S. The van der Waals surface area contributed by atoms with E-state index in [-0.39, 0.29) is 0 Å². The number of nitrogens with zero attached hydrogens (tertiary/aromatic N) is 3. The lowest BCUT2D eigenvalue weighted by molar-refractivity contribution is 0.682. The van der Waals surface area contributed by atoms with Gasteiger partial charge in [0.1, 0.15) is 5.52 Å². The Hall–Kier alpha value is -1.23. The maximum atomic E-state index is 5.95. The highest BCUT2D eigenvalue weighted by Crippen LogP contribution is 2.49. The predicted octanol–water partition coefficient (Wildman–Crippen LogP) is 1.91. The zero-order valence-electron chi connectivity index (χ0n) is 9.18. The van der Waals surface area contributed by atoms with Crippen LogP contribution in [0, 0.1) is 0 Å². The summed E-state index contributed by atoms with van der Waals surface area (Å²) in [6.07, 6.45) is 6.48. The average molecular weight is 234 g/mol. The number of pyridine rings is 1. The van der Waals surface area contributed by atoms with E-state index in [0.29, 0.717) is 10.7 Å². The number of nitrogen functional groups attached to an aromatic ring is 1. The zero-order valence-corrected chi connectivity index (χ0v) is 10.00. The first-order valence-corrected chi connectivity index (χ1v) is 6.58. The van der Waals surface area contributed by atoms with Gasteiger partial charge in [0, 0.05) is 17.5 Å². The molecule has 0 bridgehead atoms.